The molecule has 2 heterocycles. The number of hydrogen-bond donors (Lipinski definition) is 1. The second kappa shape index (κ2) is 8.93. The van der Waals surface area contributed by atoms with Crippen molar-refractivity contribution in [3.8, 4) is 0 Å². The number of carbonyl (C=O) groups is 2. The summed E-state index contributed by atoms with van der Waals surface area (Å²) in [6.45, 7) is 4.35. The van der Waals surface area contributed by atoms with E-state index >= 15 is 0 Å². The van der Waals surface area contributed by atoms with E-state index in [1.54, 1.807) is 24.9 Å². The predicted molar refractivity (Wildman–Crippen MR) is 109 cm³/mol. The van der Waals surface area contributed by atoms with Gasteiger partial charge in [-0.1, -0.05) is 18.7 Å². The minimum absolute atomic E-state index is 0.0890. The highest BCUT2D eigenvalue weighted by Gasteiger charge is 2.29. The van der Waals surface area contributed by atoms with E-state index in [9.17, 15) is 9.59 Å². The number of esters is 1. The molecule has 0 saturated heterocycles. The highest BCUT2D eigenvalue weighted by molar-refractivity contribution is 7.99. The molecular weight excluding hydrogens is 382 g/mol. The lowest BCUT2D eigenvalue weighted by molar-refractivity contribution is -0.115. The first-order valence-electron chi connectivity index (χ1n) is 9.21. The Kier molecular flexibility index (Phi) is 6.59. The molecule has 1 amide bonds. The number of imidazole rings is 1. The van der Waals surface area contributed by atoms with E-state index in [1.165, 1.54) is 16.2 Å². The van der Waals surface area contributed by atoms with Gasteiger partial charge >= 0.3 is 5.97 Å². The summed E-state index contributed by atoms with van der Waals surface area (Å²) in [6, 6.07) is 0. The van der Waals surface area contributed by atoms with E-state index in [0.717, 1.165) is 30.0 Å². The van der Waals surface area contributed by atoms with Gasteiger partial charge in [0.1, 0.15) is 5.00 Å². The molecule has 0 unspecified atom stereocenters. The summed E-state index contributed by atoms with van der Waals surface area (Å²) < 4.78 is 7.17. The number of carbonyl (C=O) groups excluding carboxylic acids is 2. The van der Waals surface area contributed by atoms with Crippen LogP contribution in [-0.2, 0) is 29.4 Å². The van der Waals surface area contributed by atoms with Crippen molar-refractivity contribution in [2.24, 2.45) is 13.0 Å². The number of aromatic nitrogens is 2. The molecule has 0 fully saturated rings. The molecule has 2 aromatic heterocycles. The third-order valence-electron chi connectivity index (χ3n) is 4.58. The van der Waals surface area contributed by atoms with E-state index in [4.69, 9.17) is 4.74 Å². The first kappa shape index (κ1) is 19.9. The average Bonchev–Trinajstić information content (AvgIpc) is 3.17. The van der Waals surface area contributed by atoms with E-state index < -0.39 is 0 Å². The number of nitrogens with zero attached hydrogens (tertiary/aromatic N) is 2. The Balaban J connectivity index is 1.68. The number of aryl methyl sites for hydroxylation is 1. The highest BCUT2D eigenvalue weighted by atomic mass is 32.2. The third kappa shape index (κ3) is 4.73. The molecule has 0 aromatic carbocycles. The molecule has 0 aliphatic heterocycles. The lowest BCUT2D eigenvalue weighted by atomic mass is 9.88. The molecule has 3 rings (SSSR count). The minimum atomic E-state index is -0.331. The van der Waals surface area contributed by atoms with Crippen LogP contribution in [0.15, 0.2) is 17.6 Å². The van der Waals surface area contributed by atoms with Gasteiger partial charge in [0.15, 0.2) is 5.16 Å². The van der Waals surface area contributed by atoms with Gasteiger partial charge < -0.3 is 14.6 Å². The molecule has 2 aromatic rings. The number of thioether (sulfide) groups is 1. The topological polar surface area (TPSA) is 73.2 Å². The molecule has 6 nitrogen and oxygen atoms in total. The molecule has 1 aliphatic carbocycles. The lowest BCUT2D eigenvalue weighted by Gasteiger charge is -2.18. The van der Waals surface area contributed by atoms with Gasteiger partial charge in [-0.3, -0.25) is 4.79 Å². The number of nitrogens with one attached hydrogen (secondary N) is 1. The summed E-state index contributed by atoms with van der Waals surface area (Å²) >= 11 is 3.07. The Morgan fingerprint density at radius 1 is 1.48 bits per heavy atom. The summed E-state index contributed by atoms with van der Waals surface area (Å²) in [5, 5.41) is 4.48. The second-order valence-electron chi connectivity index (χ2n) is 6.74. The quantitative estimate of drug-likeness (QED) is 0.557. The van der Waals surface area contributed by atoms with Crippen molar-refractivity contribution in [3.63, 3.8) is 0 Å². The van der Waals surface area contributed by atoms with Crippen molar-refractivity contribution in [2.45, 2.75) is 44.7 Å². The molecule has 0 bridgehead atoms. The van der Waals surface area contributed by atoms with Crippen molar-refractivity contribution in [1.29, 1.82) is 0 Å². The van der Waals surface area contributed by atoms with E-state index in [-0.39, 0.29) is 11.9 Å². The molecule has 27 heavy (non-hydrogen) atoms. The van der Waals surface area contributed by atoms with Crippen molar-refractivity contribution in [2.75, 3.05) is 17.7 Å². The summed E-state index contributed by atoms with van der Waals surface area (Å²) in [5.74, 6) is 0.813. The van der Waals surface area contributed by atoms with Crippen LogP contribution >= 0.6 is 23.1 Å². The Labute approximate surface area is 167 Å². The van der Waals surface area contributed by atoms with Gasteiger partial charge in [0.05, 0.1) is 12.2 Å². The van der Waals surface area contributed by atoms with E-state index in [0.29, 0.717) is 35.3 Å². The summed E-state index contributed by atoms with van der Waals surface area (Å²) in [7, 11) is 1.93. The fraction of sp³-hybridized carbons (Fsp3) is 0.526. The third-order valence-corrected chi connectivity index (χ3v) is 6.81. The standard InChI is InChI=1S/C19H25N3O3S2/c1-4-25-18(24)16-13-6-5-12(2)11-14(13)27-17(16)21-15(23)7-10-26-19-20-8-9-22(19)3/h8-9,12H,4-7,10-11H2,1-3H3,(H,21,23)/t12-/m0/s1. The van der Waals surface area contributed by atoms with Crippen LogP contribution in [0, 0.1) is 5.92 Å². The number of hydrogen-bond acceptors (Lipinski definition) is 6. The molecule has 1 N–H and O–H groups in total. The number of thiophene rings is 1. The smallest absolute Gasteiger partial charge is 0.341 e. The zero-order valence-corrected chi connectivity index (χ0v) is 17.5. The first-order chi connectivity index (χ1) is 13.0. The van der Waals surface area contributed by atoms with Crippen molar-refractivity contribution in [3.05, 3.63) is 28.4 Å². The van der Waals surface area contributed by atoms with Gasteiger partial charge in [-0.25, -0.2) is 9.78 Å². The van der Waals surface area contributed by atoms with Crippen molar-refractivity contribution >= 4 is 40.0 Å². The van der Waals surface area contributed by atoms with Crippen LogP contribution in [-0.4, -0.2) is 33.8 Å². The molecule has 146 valence electrons. The number of rotatable bonds is 7. The normalized spacial score (nSPS) is 16.0. The molecular formula is C19H25N3O3S2. The van der Waals surface area contributed by atoms with E-state index in [2.05, 4.69) is 17.2 Å². The Hall–Kier alpha value is -1.80. The SMILES string of the molecule is CCOC(=O)c1c(NC(=O)CCSc2nccn2C)sc2c1CC[C@H](C)C2. The monoisotopic (exact) mass is 407 g/mol. The maximum absolute atomic E-state index is 12.5. The van der Waals surface area contributed by atoms with Crippen LogP contribution in [0.1, 0.15) is 47.5 Å². The fourth-order valence-corrected chi connectivity index (χ4v) is 5.46. The van der Waals surface area contributed by atoms with Gasteiger partial charge in [-0.15, -0.1) is 11.3 Å². The Bertz CT molecular complexity index is 828. The van der Waals surface area contributed by atoms with Crippen LogP contribution in [0.3, 0.4) is 0 Å². The van der Waals surface area contributed by atoms with Gasteiger partial charge in [0.25, 0.3) is 0 Å². The predicted octanol–water partition coefficient (Wildman–Crippen LogP) is 3.90. The number of amides is 1. The summed E-state index contributed by atoms with van der Waals surface area (Å²) in [5.41, 5.74) is 1.63. The molecule has 0 radical (unpaired) electrons. The van der Waals surface area contributed by atoms with Crippen LogP contribution in [0.4, 0.5) is 5.00 Å². The zero-order valence-electron chi connectivity index (χ0n) is 15.9. The van der Waals surface area contributed by atoms with Gasteiger partial charge in [0, 0.05) is 36.5 Å². The van der Waals surface area contributed by atoms with Gasteiger partial charge in [0.2, 0.25) is 5.91 Å². The number of ether oxygens (including phenoxy) is 1. The molecule has 0 saturated carbocycles. The van der Waals surface area contributed by atoms with Crippen LogP contribution in [0.2, 0.25) is 0 Å². The zero-order chi connectivity index (χ0) is 19.4. The maximum atomic E-state index is 12.5. The Morgan fingerprint density at radius 3 is 3.00 bits per heavy atom. The van der Waals surface area contributed by atoms with Gasteiger partial charge in [-0.05, 0) is 37.7 Å². The molecule has 1 aliphatic rings. The van der Waals surface area contributed by atoms with Gasteiger partial charge in [-0.2, -0.15) is 0 Å². The number of anilines is 1. The summed E-state index contributed by atoms with van der Waals surface area (Å²) in [6.07, 6.45) is 6.86. The van der Waals surface area contributed by atoms with Crippen molar-refractivity contribution < 1.29 is 14.3 Å². The van der Waals surface area contributed by atoms with Crippen molar-refractivity contribution in [1.82, 2.24) is 9.55 Å². The van der Waals surface area contributed by atoms with Crippen LogP contribution < -0.4 is 5.32 Å². The molecule has 0 spiro atoms. The summed E-state index contributed by atoms with van der Waals surface area (Å²) in [4.78, 5) is 30.4. The van der Waals surface area contributed by atoms with Crippen LogP contribution in [0.25, 0.3) is 0 Å². The fourth-order valence-electron chi connectivity index (χ4n) is 3.17. The highest BCUT2D eigenvalue weighted by Crippen LogP contribution is 2.40. The molecule has 8 heteroatoms. The Morgan fingerprint density at radius 2 is 2.30 bits per heavy atom. The second-order valence-corrected chi connectivity index (χ2v) is 8.91. The van der Waals surface area contributed by atoms with Crippen LogP contribution in [0.5, 0.6) is 0 Å². The average molecular weight is 408 g/mol. The number of fused-ring (bicyclic) bond motifs is 1. The lowest BCUT2D eigenvalue weighted by Crippen LogP contribution is -2.17. The minimum Gasteiger partial charge on any atom is -0.462 e. The largest absolute Gasteiger partial charge is 0.462 e. The van der Waals surface area contributed by atoms with E-state index in [1.807, 2.05) is 17.8 Å². The molecule has 1 atom stereocenters. The first-order valence-corrected chi connectivity index (χ1v) is 11.0. The maximum Gasteiger partial charge on any atom is 0.341 e.